The number of phenols is 1. The van der Waals surface area contributed by atoms with E-state index in [-0.39, 0.29) is 29.6 Å². The molecule has 1 amide bonds. The minimum atomic E-state index is -1.05. The summed E-state index contributed by atoms with van der Waals surface area (Å²) in [7, 11) is 1.44. The zero-order valence-corrected chi connectivity index (χ0v) is 15.0. The lowest BCUT2D eigenvalue weighted by atomic mass is 10.1. The molecule has 136 valence electrons. The van der Waals surface area contributed by atoms with E-state index in [1.54, 1.807) is 18.2 Å². The van der Waals surface area contributed by atoms with E-state index in [0.717, 1.165) is 5.56 Å². The molecule has 0 spiro atoms. The van der Waals surface area contributed by atoms with Crippen LogP contribution in [0, 0.1) is 0 Å². The number of thioether (sulfide) groups is 1. The molecule has 1 heterocycles. The predicted octanol–water partition coefficient (Wildman–Crippen LogP) is 2.67. The summed E-state index contributed by atoms with van der Waals surface area (Å²) in [5.41, 5.74) is 1.28. The molecule has 2 aromatic carbocycles. The second kappa shape index (κ2) is 7.70. The molecule has 1 aliphatic heterocycles. The van der Waals surface area contributed by atoms with Crippen LogP contribution in [-0.2, 0) is 16.0 Å². The Kier molecular flexibility index (Phi) is 5.37. The Morgan fingerprint density at radius 3 is 2.58 bits per heavy atom. The smallest absolute Gasteiger partial charge is 0.327 e. The van der Waals surface area contributed by atoms with Gasteiger partial charge in [-0.25, -0.2) is 4.79 Å². The molecular weight excluding hydrogens is 354 g/mol. The van der Waals surface area contributed by atoms with Crippen molar-refractivity contribution in [1.29, 1.82) is 0 Å². The van der Waals surface area contributed by atoms with Gasteiger partial charge in [-0.15, -0.1) is 11.8 Å². The molecule has 2 atom stereocenters. The van der Waals surface area contributed by atoms with Gasteiger partial charge in [0.25, 0.3) is 0 Å². The summed E-state index contributed by atoms with van der Waals surface area (Å²) in [6, 6.07) is 13.3. The van der Waals surface area contributed by atoms with Crippen LogP contribution in [0.15, 0.2) is 48.5 Å². The number of hydrogen-bond donors (Lipinski definition) is 2. The molecule has 1 saturated heterocycles. The maximum absolute atomic E-state index is 12.9. The number of aliphatic carboxylic acids is 1. The number of hydrogen-bond acceptors (Lipinski definition) is 5. The maximum Gasteiger partial charge on any atom is 0.327 e. The third-order valence-electron chi connectivity index (χ3n) is 4.29. The number of nitrogens with zero attached hydrogens (tertiary/aromatic N) is 1. The van der Waals surface area contributed by atoms with Crippen molar-refractivity contribution in [3.63, 3.8) is 0 Å². The molecule has 0 radical (unpaired) electrons. The van der Waals surface area contributed by atoms with Crippen LogP contribution in [-0.4, -0.2) is 45.9 Å². The number of benzene rings is 2. The molecule has 2 aromatic rings. The number of rotatable bonds is 5. The number of carbonyl (C=O) groups excluding carboxylic acids is 1. The lowest BCUT2D eigenvalue weighted by Crippen LogP contribution is -2.43. The molecular formula is C19H19NO5S. The van der Waals surface area contributed by atoms with E-state index in [0.29, 0.717) is 5.56 Å². The lowest BCUT2D eigenvalue weighted by molar-refractivity contribution is -0.148. The molecule has 1 unspecified atom stereocenters. The van der Waals surface area contributed by atoms with Gasteiger partial charge in [0.15, 0.2) is 11.5 Å². The van der Waals surface area contributed by atoms with Gasteiger partial charge in [-0.2, -0.15) is 0 Å². The molecule has 0 aliphatic carbocycles. The highest BCUT2D eigenvalue weighted by Crippen LogP contribution is 2.46. The van der Waals surface area contributed by atoms with Gasteiger partial charge in [0.2, 0.25) is 5.91 Å². The van der Waals surface area contributed by atoms with Crippen molar-refractivity contribution in [1.82, 2.24) is 4.90 Å². The van der Waals surface area contributed by atoms with E-state index in [1.807, 2.05) is 30.3 Å². The first-order chi connectivity index (χ1) is 12.5. The number of carbonyl (C=O) groups is 2. The summed E-state index contributed by atoms with van der Waals surface area (Å²) in [5, 5.41) is 19.4. The Morgan fingerprint density at radius 1 is 1.19 bits per heavy atom. The summed E-state index contributed by atoms with van der Waals surface area (Å²) in [6.45, 7) is 0. The Balaban J connectivity index is 1.94. The van der Waals surface area contributed by atoms with Gasteiger partial charge in [0.05, 0.1) is 13.5 Å². The Labute approximate surface area is 155 Å². The van der Waals surface area contributed by atoms with Crippen LogP contribution < -0.4 is 4.74 Å². The van der Waals surface area contributed by atoms with Gasteiger partial charge in [-0.1, -0.05) is 42.5 Å². The quantitative estimate of drug-likeness (QED) is 0.838. The third-order valence-corrected chi connectivity index (χ3v) is 5.59. The fourth-order valence-electron chi connectivity index (χ4n) is 3.01. The van der Waals surface area contributed by atoms with Crippen molar-refractivity contribution in [2.45, 2.75) is 17.8 Å². The molecule has 2 N–H and O–H groups in total. The van der Waals surface area contributed by atoms with Crippen molar-refractivity contribution < 1.29 is 24.5 Å². The van der Waals surface area contributed by atoms with Crippen LogP contribution in [0.3, 0.4) is 0 Å². The SMILES string of the molecule is COc1cccc(C2SC[C@@H](C(=O)O)N2C(=O)Cc2ccccc2)c1O. The van der Waals surface area contributed by atoms with Gasteiger partial charge < -0.3 is 19.8 Å². The molecule has 3 rings (SSSR count). The minimum absolute atomic E-state index is 0.0731. The number of phenolic OH excluding ortho intramolecular Hbond substituents is 1. The van der Waals surface area contributed by atoms with E-state index < -0.39 is 17.4 Å². The average molecular weight is 373 g/mol. The molecule has 7 heteroatoms. The van der Waals surface area contributed by atoms with Crippen molar-refractivity contribution in [2.75, 3.05) is 12.9 Å². The van der Waals surface area contributed by atoms with Crippen LogP contribution in [0.4, 0.5) is 0 Å². The zero-order valence-electron chi connectivity index (χ0n) is 14.2. The number of aromatic hydroxyl groups is 1. The first-order valence-electron chi connectivity index (χ1n) is 8.08. The van der Waals surface area contributed by atoms with Gasteiger partial charge in [-0.05, 0) is 11.6 Å². The standard InChI is InChI=1S/C19H19NO5S/c1-25-15-9-5-8-13(17(15)22)18-20(14(11-26-18)19(23)24)16(21)10-12-6-3-2-4-7-12/h2-9,14,18,22H,10-11H2,1H3,(H,23,24)/t14-,18?/m0/s1. The van der Waals surface area contributed by atoms with E-state index in [4.69, 9.17) is 4.74 Å². The van der Waals surface area contributed by atoms with Gasteiger partial charge in [-0.3, -0.25) is 4.79 Å². The summed E-state index contributed by atoms with van der Waals surface area (Å²) in [5.74, 6) is -0.866. The van der Waals surface area contributed by atoms with E-state index in [9.17, 15) is 19.8 Å². The predicted molar refractivity (Wildman–Crippen MR) is 98.3 cm³/mol. The topological polar surface area (TPSA) is 87.1 Å². The fraction of sp³-hybridized carbons (Fsp3) is 0.263. The third kappa shape index (κ3) is 3.48. The van der Waals surface area contributed by atoms with E-state index >= 15 is 0 Å². The van der Waals surface area contributed by atoms with Crippen molar-refractivity contribution in [2.24, 2.45) is 0 Å². The summed E-state index contributed by atoms with van der Waals surface area (Å²) < 4.78 is 5.13. The van der Waals surface area contributed by atoms with Crippen LogP contribution in [0.2, 0.25) is 0 Å². The largest absolute Gasteiger partial charge is 0.504 e. The van der Waals surface area contributed by atoms with Crippen molar-refractivity contribution in [3.05, 3.63) is 59.7 Å². The summed E-state index contributed by atoms with van der Waals surface area (Å²) >= 11 is 1.32. The first kappa shape index (κ1) is 18.1. The van der Waals surface area contributed by atoms with Crippen LogP contribution >= 0.6 is 11.8 Å². The van der Waals surface area contributed by atoms with E-state index in [1.165, 1.54) is 23.8 Å². The van der Waals surface area contributed by atoms with Crippen LogP contribution in [0.5, 0.6) is 11.5 Å². The second-order valence-electron chi connectivity index (χ2n) is 5.90. The molecule has 0 saturated carbocycles. The molecule has 0 aromatic heterocycles. The van der Waals surface area contributed by atoms with Crippen molar-refractivity contribution in [3.8, 4) is 11.5 Å². The average Bonchev–Trinajstić information content (AvgIpc) is 3.08. The normalized spacial score (nSPS) is 19.3. The summed E-state index contributed by atoms with van der Waals surface area (Å²) in [6.07, 6.45) is 0.104. The fourth-order valence-corrected chi connectivity index (χ4v) is 4.47. The number of para-hydroxylation sites is 1. The number of methoxy groups -OCH3 is 1. The number of ether oxygens (including phenoxy) is 1. The number of carboxylic acids is 1. The molecule has 1 fully saturated rings. The number of amides is 1. The molecule has 1 aliphatic rings. The van der Waals surface area contributed by atoms with Crippen molar-refractivity contribution >= 4 is 23.6 Å². The summed E-state index contributed by atoms with van der Waals surface area (Å²) in [4.78, 5) is 25.9. The highest BCUT2D eigenvalue weighted by molar-refractivity contribution is 7.99. The van der Waals surface area contributed by atoms with Gasteiger partial charge in [0.1, 0.15) is 11.4 Å². The Hall–Kier alpha value is -2.67. The maximum atomic E-state index is 12.9. The van der Waals surface area contributed by atoms with Gasteiger partial charge in [0, 0.05) is 11.3 Å². The second-order valence-corrected chi connectivity index (χ2v) is 7.01. The Morgan fingerprint density at radius 2 is 1.92 bits per heavy atom. The first-order valence-corrected chi connectivity index (χ1v) is 9.13. The van der Waals surface area contributed by atoms with Crippen LogP contribution in [0.25, 0.3) is 0 Å². The zero-order chi connectivity index (χ0) is 18.7. The Bertz CT molecular complexity index is 811. The van der Waals surface area contributed by atoms with Gasteiger partial charge >= 0.3 is 5.97 Å². The molecule has 26 heavy (non-hydrogen) atoms. The highest BCUT2D eigenvalue weighted by atomic mass is 32.2. The minimum Gasteiger partial charge on any atom is -0.504 e. The van der Waals surface area contributed by atoms with Crippen LogP contribution in [0.1, 0.15) is 16.5 Å². The lowest BCUT2D eigenvalue weighted by Gasteiger charge is -2.28. The molecule has 0 bridgehead atoms. The van der Waals surface area contributed by atoms with E-state index in [2.05, 4.69) is 0 Å². The monoisotopic (exact) mass is 373 g/mol. The highest BCUT2D eigenvalue weighted by Gasteiger charge is 2.43. The molecule has 6 nitrogen and oxygen atoms in total. The number of carboxylic acid groups (broad SMARTS) is 1.